The van der Waals surface area contributed by atoms with E-state index in [4.69, 9.17) is 4.74 Å². The molecular formula is C17H18BrF3N2O3. The number of hydrogen-bond acceptors (Lipinski definition) is 3. The molecule has 1 aliphatic heterocycles. The van der Waals surface area contributed by atoms with Gasteiger partial charge in [-0.2, -0.15) is 0 Å². The molecule has 1 aromatic carbocycles. The number of hydrogen-bond donors (Lipinski definition) is 1. The molecule has 3 atom stereocenters. The van der Waals surface area contributed by atoms with Crippen LogP contribution in [0, 0.1) is 11.7 Å². The Kier molecular flexibility index (Phi) is 4.49. The monoisotopic (exact) mass is 434 g/mol. The molecule has 0 saturated heterocycles. The van der Waals surface area contributed by atoms with Crippen molar-refractivity contribution in [3.63, 3.8) is 0 Å². The standard InChI is InChI=1S/C17H18BrF3N2O3/c1-16(2,3)23(15(24)25)14-22-17(13(20)21,10-7-12(10)26-14)9-6-8(18)4-5-11(9)19/h4-6,10,12-13H,7H2,1-3H3,(H,24,25)/t10-,12+,17+/m0/s1. The second kappa shape index (κ2) is 6.14. The number of carbonyl (C=O) groups is 1. The van der Waals surface area contributed by atoms with Crippen molar-refractivity contribution in [2.45, 2.75) is 50.8 Å². The van der Waals surface area contributed by atoms with Crippen molar-refractivity contribution < 1.29 is 27.8 Å². The number of amides is 1. The lowest BCUT2D eigenvalue weighted by molar-refractivity contribution is 0.00931. The van der Waals surface area contributed by atoms with Gasteiger partial charge in [-0.05, 0) is 45.4 Å². The van der Waals surface area contributed by atoms with Crippen LogP contribution in [0.2, 0.25) is 0 Å². The second-order valence-corrected chi connectivity index (χ2v) is 8.35. The highest BCUT2D eigenvalue weighted by molar-refractivity contribution is 9.10. The van der Waals surface area contributed by atoms with E-state index >= 15 is 0 Å². The SMILES string of the molecule is CC(C)(C)N(C(=O)O)C1=N[C@@](c2cc(Br)ccc2F)(C(F)F)[C@H]2C[C@H]2O1. The summed E-state index contributed by atoms with van der Waals surface area (Å²) in [7, 11) is 0. The smallest absolute Gasteiger partial charge is 0.415 e. The largest absolute Gasteiger partial charge is 0.465 e. The Bertz CT molecular complexity index is 781. The molecule has 0 spiro atoms. The third-order valence-corrected chi connectivity index (χ3v) is 5.07. The molecule has 1 aromatic rings. The molecular weight excluding hydrogens is 417 g/mol. The molecule has 2 aliphatic rings. The Balaban J connectivity index is 2.22. The zero-order chi connectivity index (χ0) is 19.4. The fraction of sp³-hybridized carbons (Fsp3) is 0.529. The number of nitrogens with zero attached hydrogens (tertiary/aromatic N) is 2. The molecule has 0 unspecified atom stereocenters. The normalized spacial score (nSPS) is 27.5. The quantitative estimate of drug-likeness (QED) is 0.739. The zero-order valence-corrected chi connectivity index (χ0v) is 15.9. The summed E-state index contributed by atoms with van der Waals surface area (Å²) in [5, 5.41) is 9.54. The van der Waals surface area contributed by atoms with E-state index in [2.05, 4.69) is 20.9 Å². The highest BCUT2D eigenvalue weighted by Gasteiger charge is 2.65. The number of ether oxygens (including phenoxy) is 1. The summed E-state index contributed by atoms with van der Waals surface area (Å²) >= 11 is 3.17. The molecule has 142 valence electrons. The molecule has 1 aliphatic carbocycles. The van der Waals surface area contributed by atoms with E-state index in [1.54, 1.807) is 20.8 Å². The number of alkyl halides is 2. The van der Waals surface area contributed by atoms with Gasteiger partial charge in [0.05, 0.1) is 0 Å². The maximum atomic E-state index is 14.5. The molecule has 26 heavy (non-hydrogen) atoms. The number of rotatable bonds is 2. The summed E-state index contributed by atoms with van der Waals surface area (Å²) in [4.78, 5) is 16.5. The maximum absolute atomic E-state index is 14.5. The van der Waals surface area contributed by atoms with E-state index in [-0.39, 0.29) is 12.0 Å². The fourth-order valence-electron chi connectivity index (χ4n) is 3.32. The van der Waals surface area contributed by atoms with Gasteiger partial charge in [0.1, 0.15) is 11.9 Å². The van der Waals surface area contributed by atoms with Gasteiger partial charge in [-0.15, -0.1) is 0 Å². The Morgan fingerprint density at radius 3 is 2.65 bits per heavy atom. The van der Waals surface area contributed by atoms with Crippen molar-refractivity contribution in [3.05, 3.63) is 34.1 Å². The Labute approximate surface area is 157 Å². The Morgan fingerprint density at radius 1 is 1.46 bits per heavy atom. The van der Waals surface area contributed by atoms with Crippen molar-refractivity contribution in [1.29, 1.82) is 0 Å². The van der Waals surface area contributed by atoms with E-state index < -0.39 is 47.5 Å². The van der Waals surface area contributed by atoms with Crippen LogP contribution in [0.4, 0.5) is 18.0 Å². The molecule has 0 bridgehead atoms. The highest BCUT2D eigenvalue weighted by Crippen LogP contribution is 2.57. The summed E-state index contributed by atoms with van der Waals surface area (Å²) in [6, 6.07) is 3.34. The van der Waals surface area contributed by atoms with Gasteiger partial charge in [0, 0.05) is 21.5 Å². The van der Waals surface area contributed by atoms with Gasteiger partial charge in [0.15, 0.2) is 5.54 Å². The minimum absolute atomic E-state index is 0.251. The number of amidine groups is 1. The molecule has 1 fully saturated rings. The van der Waals surface area contributed by atoms with E-state index in [0.717, 1.165) is 11.0 Å². The van der Waals surface area contributed by atoms with Gasteiger partial charge in [0.2, 0.25) is 0 Å². The van der Waals surface area contributed by atoms with Crippen LogP contribution < -0.4 is 0 Å². The van der Waals surface area contributed by atoms with E-state index in [1.807, 2.05) is 0 Å². The molecule has 3 rings (SSSR count). The topological polar surface area (TPSA) is 62.1 Å². The maximum Gasteiger partial charge on any atom is 0.415 e. The van der Waals surface area contributed by atoms with Gasteiger partial charge in [-0.1, -0.05) is 15.9 Å². The predicted octanol–water partition coefficient (Wildman–Crippen LogP) is 4.60. The number of benzene rings is 1. The van der Waals surface area contributed by atoms with Crippen LogP contribution in [0.1, 0.15) is 32.8 Å². The summed E-state index contributed by atoms with van der Waals surface area (Å²) in [5.41, 5.74) is -3.43. The average molecular weight is 435 g/mol. The number of aliphatic imine (C=N–C) groups is 1. The first-order valence-electron chi connectivity index (χ1n) is 8.02. The van der Waals surface area contributed by atoms with Crippen LogP contribution in [-0.2, 0) is 10.3 Å². The van der Waals surface area contributed by atoms with Crippen LogP contribution in [0.3, 0.4) is 0 Å². The number of fused-ring (bicyclic) bond motifs is 1. The second-order valence-electron chi connectivity index (χ2n) is 7.43. The Morgan fingerprint density at radius 2 is 2.12 bits per heavy atom. The van der Waals surface area contributed by atoms with E-state index in [0.29, 0.717) is 4.47 Å². The minimum atomic E-state index is -3.03. The summed E-state index contributed by atoms with van der Waals surface area (Å²) < 4.78 is 49.0. The van der Waals surface area contributed by atoms with Gasteiger partial charge >= 0.3 is 6.09 Å². The van der Waals surface area contributed by atoms with Crippen LogP contribution in [0.5, 0.6) is 0 Å². The lowest BCUT2D eigenvalue weighted by atomic mass is 9.84. The summed E-state index contributed by atoms with van der Waals surface area (Å²) in [5.74, 6) is -1.53. The van der Waals surface area contributed by atoms with E-state index in [9.17, 15) is 23.1 Å². The number of carboxylic acid groups (broad SMARTS) is 1. The number of halogens is 4. The van der Waals surface area contributed by atoms with Crippen molar-refractivity contribution in [1.82, 2.24) is 4.90 Å². The van der Waals surface area contributed by atoms with Gasteiger partial charge in [-0.25, -0.2) is 27.9 Å². The van der Waals surface area contributed by atoms with Crippen LogP contribution in [0.25, 0.3) is 0 Å². The van der Waals surface area contributed by atoms with Crippen LogP contribution in [0.15, 0.2) is 27.7 Å². The first-order chi connectivity index (χ1) is 12.0. The molecule has 0 aromatic heterocycles. The molecule has 5 nitrogen and oxygen atoms in total. The van der Waals surface area contributed by atoms with Gasteiger partial charge in [0.25, 0.3) is 12.4 Å². The predicted molar refractivity (Wildman–Crippen MR) is 91.8 cm³/mol. The van der Waals surface area contributed by atoms with Gasteiger partial charge < -0.3 is 9.84 Å². The van der Waals surface area contributed by atoms with Crippen molar-refractivity contribution in [2.24, 2.45) is 10.9 Å². The molecule has 9 heteroatoms. The molecule has 1 amide bonds. The van der Waals surface area contributed by atoms with Crippen LogP contribution >= 0.6 is 15.9 Å². The van der Waals surface area contributed by atoms with Gasteiger partial charge in [-0.3, -0.25) is 0 Å². The zero-order valence-electron chi connectivity index (χ0n) is 14.3. The summed E-state index contributed by atoms with van der Waals surface area (Å²) in [6.45, 7) is 4.78. The van der Waals surface area contributed by atoms with Crippen molar-refractivity contribution in [2.75, 3.05) is 0 Å². The molecule has 0 radical (unpaired) electrons. The molecule has 1 N–H and O–H groups in total. The molecule has 1 saturated carbocycles. The minimum Gasteiger partial charge on any atom is -0.465 e. The van der Waals surface area contributed by atoms with Crippen molar-refractivity contribution in [3.8, 4) is 0 Å². The fourth-order valence-corrected chi connectivity index (χ4v) is 3.68. The Hall–Kier alpha value is -1.77. The first-order valence-corrected chi connectivity index (χ1v) is 8.81. The molecule has 1 heterocycles. The van der Waals surface area contributed by atoms with Crippen molar-refractivity contribution >= 4 is 28.0 Å². The third-order valence-electron chi connectivity index (χ3n) is 4.58. The lowest BCUT2D eigenvalue weighted by Gasteiger charge is -2.39. The summed E-state index contributed by atoms with van der Waals surface area (Å²) in [6.07, 6.45) is -4.79. The first kappa shape index (κ1) is 19.0. The highest BCUT2D eigenvalue weighted by atomic mass is 79.9. The third kappa shape index (κ3) is 2.95. The lowest BCUT2D eigenvalue weighted by Crippen LogP contribution is -2.53. The average Bonchev–Trinajstić information content (AvgIpc) is 3.26. The van der Waals surface area contributed by atoms with Crippen LogP contribution in [-0.4, -0.2) is 40.2 Å². The van der Waals surface area contributed by atoms with E-state index in [1.165, 1.54) is 12.1 Å².